The number of carbonyl (C=O) groups is 3. The summed E-state index contributed by atoms with van der Waals surface area (Å²) in [6.07, 6.45) is -3.29. The van der Waals surface area contributed by atoms with Crippen molar-refractivity contribution in [2.75, 3.05) is 13.2 Å². The Labute approximate surface area is 179 Å². The molecule has 0 saturated heterocycles. The number of amides is 1. The lowest BCUT2D eigenvalue weighted by molar-refractivity contribution is -0.167. The molecule has 2 rings (SSSR count). The van der Waals surface area contributed by atoms with Gasteiger partial charge in [-0.15, -0.1) is 0 Å². The summed E-state index contributed by atoms with van der Waals surface area (Å²) in [6, 6.07) is 12.5. The topological polar surface area (TPSA) is 145 Å². The van der Waals surface area contributed by atoms with Crippen LogP contribution in [0.3, 0.4) is 0 Å². The molecule has 2 aromatic carbocycles. The normalized spacial score (nSPS) is 12.5. The minimum absolute atomic E-state index is 0.166. The van der Waals surface area contributed by atoms with Crippen LogP contribution in [0.2, 0.25) is 0 Å². The van der Waals surface area contributed by atoms with E-state index < -0.39 is 48.4 Å². The molecule has 0 aliphatic carbocycles. The van der Waals surface area contributed by atoms with Gasteiger partial charge in [0.15, 0.2) is 5.60 Å². The maximum atomic E-state index is 12.9. The van der Waals surface area contributed by atoms with Crippen LogP contribution in [-0.2, 0) is 14.4 Å². The van der Waals surface area contributed by atoms with Crippen LogP contribution >= 0.6 is 0 Å². The van der Waals surface area contributed by atoms with Crippen molar-refractivity contribution in [1.29, 1.82) is 0 Å². The van der Waals surface area contributed by atoms with Crippen molar-refractivity contribution >= 4 is 28.6 Å². The number of carboxylic acid groups (broad SMARTS) is 2. The summed E-state index contributed by atoms with van der Waals surface area (Å²) in [6.45, 7) is 2.78. The van der Waals surface area contributed by atoms with E-state index in [1.807, 2.05) is 36.4 Å². The zero-order chi connectivity index (χ0) is 23.2. The first-order chi connectivity index (χ1) is 14.5. The van der Waals surface area contributed by atoms with Gasteiger partial charge < -0.3 is 30.1 Å². The van der Waals surface area contributed by atoms with Crippen LogP contribution < -0.4 is 4.74 Å². The van der Waals surface area contributed by atoms with Gasteiger partial charge in [0.25, 0.3) is 5.91 Å². The quantitative estimate of drug-likeness (QED) is 0.417. The van der Waals surface area contributed by atoms with E-state index in [0.29, 0.717) is 5.75 Å². The average molecular weight is 433 g/mol. The Kier molecular flexibility index (Phi) is 7.95. The largest absolute Gasteiger partial charge is 0.490 e. The van der Waals surface area contributed by atoms with Gasteiger partial charge in [0.1, 0.15) is 18.5 Å². The molecular formula is C22H27NO8. The van der Waals surface area contributed by atoms with E-state index in [4.69, 9.17) is 14.9 Å². The van der Waals surface area contributed by atoms with E-state index in [0.717, 1.165) is 15.7 Å². The fourth-order valence-corrected chi connectivity index (χ4v) is 3.30. The monoisotopic (exact) mass is 433 g/mol. The molecule has 4 N–H and O–H groups in total. The molecule has 1 atom stereocenters. The predicted molar refractivity (Wildman–Crippen MR) is 112 cm³/mol. The van der Waals surface area contributed by atoms with Crippen LogP contribution in [0.1, 0.15) is 26.7 Å². The molecule has 168 valence electrons. The van der Waals surface area contributed by atoms with E-state index in [1.54, 1.807) is 19.9 Å². The first-order valence-corrected chi connectivity index (χ1v) is 9.79. The summed E-state index contributed by atoms with van der Waals surface area (Å²) in [5.41, 5.74) is -2.63. The third-order valence-corrected chi connectivity index (χ3v) is 4.76. The smallest absolute Gasteiger partial charge is 0.306 e. The Balaban J connectivity index is 2.13. The number of nitrogens with zero attached hydrogens (tertiary/aromatic N) is 1. The zero-order valence-corrected chi connectivity index (χ0v) is 17.4. The summed E-state index contributed by atoms with van der Waals surface area (Å²) < 4.78 is 5.72. The highest BCUT2D eigenvalue weighted by Crippen LogP contribution is 2.25. The molecule has 2 aromatic rings. The summed E-state index contributed by atoms with van der Waals surface area (Å²) in [7, 11) is 0. The number of benzene rings is 2. The summed E-state index contributed by atoms with van der Waals surface area (Å²) in [4.78, 5) is 36.1. The second-order valence-corrected chi connectivity index (χ2v) is 7.67. The number of fused-ring (bicyclic) bond motifs is 1. The molecule has 1 unspecified atom stereocenters. The van der Waals surface area contributed by atoms with Crippen molar-refractivity contribution in [1.82, 2.24) is 4.90 Å². The minimum Gasteiger partial charge on any atom is -0.490 e. The molecule has 1 amide bonds. The Bertz CT molecular complexity index is 921. The number of rotatable bonds is 11. The maximum Gasteiger partial charge on any atom is 0.306 e. The Morgan fingerprint density at radius 2 is 1.58 bits per heavy atom. The molecule has 0 bridgehead atoms. The standard InChI is InChI=1S/C22H27NO8/c1-14(2)23(21(29)22(30,10-19(25)26)11-20(27)28)12-16(24)13-31-18-9-5-7-15-6-3-4-8-17(15)18/h3-9,14,16,24,30H,10-13H2,1-2H3,(H,25,26)(H,27,28). The maximum absolute atomic E-state index is 12.9. The van der Waals surface area contributed by atoms with E-state index in [9.17, 15) is 24.6 Å². The minimum atomic E-state index is -2.63. The third kappa shape index (κ3) is 6.40. The van der Waals surface area contributed by atoms with Crippen molar-refractivity contribution in [3.63, 3.8) is 0 Å². The number of aliphatic carboxylic acids is 2. The number of carboxylic acids is 2. The Hall–Kier alpha value is -3.17. The number of carbonyl (C=O) groups excluding carboxylic acids is 1. The van der Waals surface area contributed by atoms with E-state index in [1.165, 1.54) is 0 Å². The van der Waals surface area contributed by atoms with Gasteiger partial charge in [0.05, 0.1) is 19.4 Å². The van der Waals surface area contributed by atoms with E-state index in [-0.39, 0.29) is 13.2 Å². The highest BCUT2D eigenvalue weighted by Gasteiger charge is 2.44. The number of aliphatic hydroxyl groups is 2. The Morgan fingerprint density at radius 1 is 1.00 bits per heavy atom. The van der Waals surface area contributed by atoms with Gasteiger partial charge in [0, 0.05) is 11.4 Å². The van der Waals surface area contributed by atoms with E-state index >= 15 is 0 Å². The molecule has 0 heterocycles. The van der Waals surface area contributed by atoms with Crippen LogP contribution in [0, 0.1) is 0 Å². The zero-order valence-electron chi connectivity index (χ0n) is 17.4. The van der Waals surface area contributed by atoms with Gasteiger partial charge in [0.2, 0.25) is 0 Å². The second-order valence-electron chi connectivity index (χ2n) is 7.67. The fourth-order valence-electron chi connectivity index (χ4n) is 3.30. The molecule has 0 spiro atoms. The molecule has 0 aromatic heterocycles. The van der Waals surface area contributed by atoms with Crippen molar-refractivity contribution < 1.29 is 39.5 Å². The summed E-state index contributed by atoms with van der Waals surface area (Å²) >= 11 is 0. The van der Waals surface area contributed by atoms with Crippen molar-refractivity contribution in [3.8, 4) is 5.75 Å². The lowest BCUT2D eigenvalue weighted by Gasteiger charge is -2.35. The highest BCUT2D eigenvalue weighted by molar-refractivity contribution is 5.93. The molecule has 0 saturated carbocycles. The van der Waals surface area contributed by atoms with Gasteiger partial charge in [-0.2, -0.15) is 0 Å². The second kappa shape index (κ2) is 10.2. The number of hydrogen-bond donors (Lipinski definition) is 4. The van der Waals surface area contributed by atoms with Crippen molar-refractivity contribution in [2.24, 2.45) is 0 Å². The van der Waals surface area contributed by atoms with Gasteiger partial charge in [-0.05, 0) is 25.3 Å². The lowest BCUT2D eigenvalue weighted by atomic mass is 9.93. The molecular weight excluding hydrogens is 406 g/mol. The number of aliphatic hydroxyl groups excluding tert-OH is 1. The number of ether oxygens (including phenoxy) is 1. The molecule has 0 fully saturated rings. The number of hydrogen-bond acceptors (Lipinski definition) is 6. The molecule has 31 heavy (non-hydrogen) atoms. The first-order valence-electron chi connectivity index (χ1n) is 9.79. The van der Waals surface area contributed by atoms with Gasteiger partial charge in [-0.25, -0.2) is 0 Å². The van der Waals surface area contributed by atoms with Crippen LogP contribution in [0.25, 0.3) is 10.8 Å². The lowest BCUT2D eigenvalue weighted by Crippen LogP contribution is -2.55. The fraction of sp³-hybridized carbons (Fsp3) is 0.409. The van der Waals surface area contributed by atoms with Crippen LogP contribution in [-0.4, -0.2) is 74.1 Å². The SMILES string of the molecule is CC(C)N(CC(O)COc1cccc2ccccc12)C(=O)C(O)(CC(=O)O)CC(=O)O. The van der Waals surface area contributed by atoms with Crippen molar-refractivity contribution in [3.05, 3.63) is 42.5 Å². The highest BCUT2D eigenvalue weighted by atomic mass is 16.5. The first kappa shape index (κ1) is 24.1. The van der Waals surface area contributed by atoms with Gasteiger partial charge in [-0.3, -0.25) is 14.4 Å². The molecule has 0 radical (unpaired) electrons. The average Bonchev–Trinajstić information content (AvgIpc) is 2.68. The molecule has 0 aliphatic rings. The molecule has 9 heteroatoms. The van der Waals surface area contributed by atoms with Gasteiger partial charge in [-0.1, -0.05) is 36.4 Å². The van der Waals surface area contributed by atoms with Crippen LogP contribution in [0.15, 0.2) is 42.5 Å². The summed E-state index contributed by atoms with van der Waals surface area (Å²) in [5, 5.41) is 40.8. The predicted octanol–water partition coefficient (Wildman–Crippen LogP) is 1.50. The molecule has 0 aliphatic heterocycles. The van der Waals surface area contributed by atoms with Crippen LogP contribution in [0.5, 0.6) is 5.75 Å². The van der Waals surface area contributed by atoms with Crippen LogP contribution in [0.4, 0.5) is 0 Å². The van der Waals surface area contributed by atoms with Crippen molar-refractivity contribution in [2.45, 2.75) is 44.4 Å². The van der Waals surface area contributed by atoms with Gasteiger partial charge >= 0.3 is 11.9 Å². The van der Waals surface area contributed by atoms with E-state index in [2.05, 4.69) is 0 Å². The Morgan fingerprint density at radius 3 is 2.16 bits per heavy atom. The summed E-state index contributed by atoms with van der Waals surface area (Å²) in [5.74, 6) is -3.55. The molecule has 9 nitrogen and oxygen atoms in total. The third-order valence-electron chi connectivity index (χ3n) is 4.76.